The summed E-state index contributed by atoms with van der Waals surface area (Å²) >= 11 is 1.88. The van der Waals surface area contributed by atoms with Crippen molar-refractivity contribution in [1.29, 1.82) is 0 Å². The molecule has 0 aliphatic rings. The van der Waals surface area contributed by atoms with Gasteiger partial charge in [0, 0.05) is 49.2 Å². The Labute approximate surface area is 335 Å². The van der Waals surface area contributed by atoms with Gasteiger partial charge in [-0.3, -0.25) is 0 Å². The van der Waals surface area contributed by atoms with Gasteiger partial charge < -0.3 is 9.47 Å². The molecule has 0 unspecified atom stereocenters. The quantitative estimate of drug-likeness (QED) is 0.162. The van der Waals surface area contributed by atoms with Crippen LogP contribution >= 0.6 is 11.3 Å². The van der Waals surface area contributed by atoms with Crippen LogP contribution in [0.3, 0.4) is 0 Å². The molecule has 0 N–H and O–H groups in total. The van der Waals surface area contributed by atoms with Crippen molar-refractivity contribution in [2.24, 2.45) is 0 Å². The topological polar surface area (TPSA) is 21.1 Å². The van der Waals surface area contributed by atoms with Crippen molar-refractivity contribution in [1.82, 2.24) is 9.55 Å². The van der Waals surface area contributed by atoms with Crippen molar-refractivity contribution in [3.63, 3.8) is 0 Å². The van der Waals surface area contributed by atoms with Gasteiger partial charge in [-0.15, -0.1) is 11.3 Å². The first-order chi connectivity index (χ1) is 28.2. The molecular formula is C53H35N3S. The van der Waals surface area contributed by atoms with Crippen LogP contribution in [-0.4, -0.2) is 9.55 Å². The molecule has 0 spiro atoms. The minimum atomic E-state index is 0.965. The van der Waals surface area contributed by atoms with Crippen molar-refractivity contribution in [3.05, 3.63) is 212 Å². The molecule has 0 aliphatic heterocycles. The number of anilines is 3. The molecule has 268 valence electrons. The zero-order valence-electron chi connectivity index (χ0n) is 31.0. The molecule has 3 heterocycles. The van der Waals surface area contributed by atoms with E-state index in [-0.39, 0.29) is 0 Å². The second kappa shape index (κ2) is 13.8. The Bertz CT molecular complexity index is 3190. The average Bonchev–Trinajstić information content (AvgIpc) is 3.82. The van der Waals surface area contributed by atoms with Gasteiger partial charge in [0.05, 0.1) is 26.9 Å². The highest BCUT2D eigenvalue weighted by molar-refractivity contribution is 7.26. The van der Waals surface area contributed by atoms with Crippen LogP contribution < -0.4 is 4.90 Å². The smallest absolute Gasteiger partial charge is 0.0727 e. The molecule has 57 heavy (non-hydrogen) atoms. The van der Waals surface area contributed by atoms with Crippen LogP contribution in [0.1, 0.15) is 0 Å². The summed E-state index contributed by atoms with van der Waals surface area (Å²) in [6.45, 7) is 0. The molecule has 0 fully saturated rings. The number of hydrogen-bond donors (Lipinski definition) is 0. The van der Waals surface area contributed by atoms with Gasteiger partial charge in [-0.1, -0.05) is 140 Å². The van der Waals surface area contributed by atoms with Gasteiger partial charge in [-0.25, -0.2) is 4.98 Å². The molecule has 0 amide bonds. The highest BCUT2D eigenvalue weighted by Gasteiger charge is 2.18. The molecule has 0 saturated heterocycles. The van der Waals surface area contributed by atoms with Crippen LogP contribution in [0.25, 0.3) is 81.3 Å². The van der Waals surface area contributed by atoms with E-state index in [2.05, 4.69) is 216 Å². The third-order valence-electron chi connectivity index (χ3n) is 11.0. The van der Waals surface area contributed by atoms with E-state index in [1.54, 1.807) is 0 Å². The SMILES string of the molecule is c1ccc(-c2ccc(N(c3ccc(-c4ccc(-n5c6ccccc6c6sc7ccccc7c65)cc4)cc3)c3ccc(-c4ccc5ccccc5n4)cc3)cc2)cc1. The monoisotopic (exact) mass is 745 g/mol. The third-order valence-corrected chi connectivity index (χ3v) is 12.2. The number of para-hydroxylation sites is 2. The van der Waals surface area contributed by atoms with E-state index in [1.807, 2.05) is 17.4 Å². The summed E-state index contributed by atoms with van der Waals surface area (Å²) in [6, 6.07) is 76.1. The standard InChI is InChI=1S/C53H35N3S/c1-2-10-36(11-3-1)37-18-27-42(28-19-37)55(44-33-24-41(25-34-44)49-35-26-40-12-4-7-15-48(40)54-49)43-29-20-38(21-30-43)39-22-31-45(32-23-39)56-50-16-8-5-13-46(50)53-52(56)47-14-6-9-17-51(47)57-53/h1-35H. The molecule has 0 radical (unpaired) electrons. The second-order valence-electron chi connectivity index (χ2n) is 14.4. The molecule has 0 atom stereocenters. The van der Waals surface area contributed by atoms with E-state index in [0.29, 0.717) is 0 Å². The van der Waals surface area contributed by atoms with Crippen LogP contribution in [0.15, 0.2) is 212 Å². The van der Waals surface area contributed by atoms with Crippen molar-refractivity contribution in [2.75, 3.05) is 4.90 Å². The number of fused-ring (bicyclic) bond motifs is 6. The number of nitrogens with zero attached hydrogens (tertiary/aromatic N) is 3. The highest BCUT2D eigenvalue weighted by Crippen LogP contribution is 2.43. The summed E-state index contributed by atoms with van der Waals surface area (Å²) in [6.07, 6.45) is 0. The van der Waals surface area contributed by atoms with Gasteiger partial charge in [0.15, 0.2) is 0 Å². The molecular weight excluding hydrogens is 711 g/mol. The van der Waals surface area contributed by atoms with Gasteiger partial charge in [-0.2, -0.15) is 0 Å². The van der Waals surface area contributed by atoms with Crippen molar-refractivity contribution in [3.8, 4) is 39.2 Å². The van der Waals surface area contributed by atoms with Crippen LogP contribution in [0.4, 0.5) is 17.1 Å². The van der Waals surface area contributed by atoms with Crippen molar-refractivity contribution >= 4 is 70.5 Å². The molecule has 4 heteroatoms. The first-order valence-electron chi connectivity index (χ1n) is 19.3. The van der Waals surface area contributed by atoms with E-state index in [4.69, 9.17) is 4.98 Å². The van der Waals surface area contributed by atoms with Gasteiger partial charge in [0.2, 0.25) is 0 Å². The van der Waals surface area contributed by atoms with Crippen LogP contribution in [0.5, 0.6) is 0 Å². The molecule has 0 aliphatic carbocycles. The van der Waals surface area contributed by atoms with E-state index < -0.39 is 0 Å². The fourth-order valence-electron chi connectivity index (χ4n) is 8.18. The highest BCUT2D eigenvalue weighted by atomic mass is 32.1. The fraction of sp³-hybridized carbons (Fsp3) is 0. The molecule has 0 saturated carbocycles. The van der Waals surface area contributed by atoms with Crippen LogP contribution in [-0.2, 0) is 0 Å². The zero-order valence-corrected chi connectivity index (χ0v) is 31.8. The summed E-state index contributed by atoms with van der Waals surface area (Å²) in [5.74, 6) is 0. The molecule has 8 aromatic carbocycles. The predicted molar refractivity (Wildman–Crippen MR) is 242 cm³/mol. The maximum atomic E-state index is 4.95. The molecule has 3 nitrogen and oxygen atoms in total. The number of aromatic nitrogens is 2. The molecule has 0 bridgehead atoms. The summed E-state index contributed by atoms with van der Waals surface area (Å²) in [7, 11) is 0. The second-order valence-corrected chi connectivity index (χ2v) is 15.5. The van der Waals surface area contributed by atoms with E-state index in [0.717, 1.165) is 44.9 Å². The number of rotatable bonds is 7. The molecule has 11 aromatic rings. The van der Waals surface area contributed by atoms with Gasteiger partial charge in [0.25, 0.3) is 0 Å². The summed E-state index contributed by atoms with van der Waals surface area (Å²) in [4.78, 5) is 7.28. The Hall–Kier alpha value is -7.27. The predicted octanol–water partition coefficient (Wildman–Crippen LogP) is 15.0. The lowest BCUT2D eigenvalue weighted by Gasteiger charge is -2.26. The number of pyridine rings is 1. The number of thiophene rings is 1. The average molecular weight is 746 g/mol. The largest absolute Gasteiger partial charge is 0.311 e. The van der Waals surface area contributed by atoms with Crippen LogP contribution in [0.2, 0.25) is 0 Å². The lowest BCUT2D eigenvalue weighted by atomic mass is 10.0. The Morgan fingerprint density at radius 2 is 0.930 bits per heavy atom. The zero-order chi connectivity index (χ0) is 37.7. The number of hydrogen-bond acceptors (Lipinski definition) is 3. The fourth-order valence-corrected chi connectivity index (χ4v) is 9.40. The first kappa shape index (κ1) is 33.1. The first-order valence-corrected chi connectivity index (χ1v) is 20.1. The molecule has 11 rings (SSSR count). The normalized spacial score (nSPS) is 11.5. The van der Waals surface area contributed by atoms with E-state index >= 15 is 0 Å². The van der Waals surface area contributed by atoms with Gasteiger partial charge in [0.1, 0.15) is 0 Å². The van der Waals surface area contributed by atoms with E-state index in [9.17, 15) is 0 Å². The van der Waals surface area contributed by atoms with Gasteiger partial charge in [-0.05, 0) is 95.1 Å². The maximum absolute atomic E-state index is 4.95. The summed E-state index contributed by atoms with van der Waals surface area (Å²) < 4.78 is 5.09. The van der Waals surface area contributed by atoms with Crippen molar-refractivity contribution in [2.45, 2.75) is 0 Å². The summed E-state index contributed by atoms with van der Waals surface area (Å²) in [5.41, 5.74) is 14.7. The molecule has 3 aromatic heterocycles. The third kappa shape index (κ3) is 5.86. The summed E-state index contributed by atoms with van der Waals surface area (Å²) in [5, 5.41) is 3.74. The Morgan fingerprint density at radius 3 is 1.61 bits per heavy atom. The van der Waals surface area contributed by atoms with Gasteiger partial charge >= 0.3 is 0 Å². The van der Waals surface area contributed by atoms with Crippen molar-refractivity contribution < 1.29 is 0 Å². The minimum Gasteiger partial charge on any atom is -0.311 e. The van der Waals surface area contributed by atoms with Crippen LogP contribution in [0, 0.1) is 0 Å². The maximum Gasteiger partial charge on any atom is 0.0727 e. The lowest BCUT2D eigenvalue weighted by Crippen LogP contribution is -2.09. The Kier molecular flexibility index (Phi) is 8.01. The lowest BCUT2D eigenvalue weighted by molar-refractivity contribution is 1.19. The number of benzene rings is 8. The minimum absolute atomic E-state index is 0.965. The Balaban J connectivity index is 0.941. The Morgan fingerprint density at radius 1 is 0.404 bits per heavy atom. The van der Waals surface area contributed by atoms with E-state index in [1.165, 1.54) is 53.5 Å².